The summed E-state index contributed by atoms with van der Waals surface area (Å²) in [5, 5.41) is 10.1. The molecule has 0 unspecified atom stereocenters. The van der Waals surface area contributed by atoms with Crippen LogP contribution in [0.5, 0.6) is 17.2 Å². The third kappa shape index (κ3) is 6.84. The van der Waals surface area contributed by atoms with Gasteiger partial charge < -0.3 is 19.5 Å². The molecule has 0 aliphatic heterocycles. The second-order valence-corrected chi connectivity index (χ2v) is 7.85. The number of aromatic nitrogens is 3. The van der Waals surface area contributed by atoms with E-state index < -0.39 is 0 Å². The number of nitrogens with zero attached hydrogens (tertiary/aromatic N) is 2. The molecule has 0 spiro atoms. The number of carbonyl (C=O) groups excluding carboxylic acids is 1. The Hall–Kier alpha value is -3.33. The van der Waals surface area contributed by atoms with Crippen molar-refractivity contribution in [2.45, 2.75) is 40.2 Å². The molecule has 0 aliphatic carbocycles. The lowest BCUT2D eigenvalue weighted by atomic mass is 10.1. The first kappa shape index (κ1) is 25.3. The number of aromatic amines is 1. The Morgan fingerprint density at radius 2 is 1.71 bits per heavy atom. The molecule has 0 fully saturated rings. The molecule has 1 aromatic heterocycles. The lowest BCUT2D eigenvalue weighted by Gasteiger charge is -2.13. The van der Waals surface area contributed by atoms with Gasteiger partial charge in [0.05, 0.1) is 19.8 Å². The first-order valence-electron chi connectivity index (χ1n) is 11.6. The van der Waals surface area contributed by atoms with Gasteiger partial charge in [0, 0.05) is 25.1 Å². The van der Waals surface area contributed by atoms with Crippen LogP contribution in [0.2, 0.25) is 0 Å². The Balaban J connectivity index is 1.53. The average molecular weight is 485 g/mol. The van der Waals surface area contributed by atoms with Gasteiger partial charge in [0.1, 0.15) is 5.75 Å². The van der Waals surface area contributed by atoms with Crippen LogP contribution in [0.3, 0.4) is 0 Å². The summed E-state index contributed by atoms with van der Waals surface area (Å²) in [6, 6.07) is 13.5. The third-order valence-corrected chi connectivity index (χ3v) is 5.40. The molecule has 2 aromatic carbocycles. The normalized spacial score (nSPS) is 10.7. The van der Waals surface area contributed by atoms with E-state index >= 15 is 0 Å². The van der Waals surface area contributed by atoms with Gasteiger partial charge in [0.15, 0.2) is 22.1 Å². The van der Waals surface area contributed by atoms with Crippen LogP contribution in [0.1, 0.15) is 32.8 Å². The van der Waals surface area contributed by atoms with Crippen LogP contribution in [0.4, 0.5) is 0 Å². The van der Waals surface area contributed by atoms with Crippen molar-refractivity contribution in [1.29, 1.82) is 0 Å². The molecule has 34 heavy (non-hydrogen) atoms. The fourth-order valence-corrected chi connectivity index (χ4v) is 3.73. The second kappa shape index (κ2) is 12.8. The zero-order valence-corrected chi connectivity index (χ0v) is 20.7. The van der Waals surface area contributed by atoms with Crippen molar-refractivity contribution < 1.29 is 19.0 Å². The molecule has 0 aliphatic rings. The van der Waals surface area contributed by atoms with Gasteiger partial charge in [0.2, 0.25) is 5.91 Å². The largest absolute Gasteiger partial charge is 0.494 e. The van der Waals surface area contributed by atoms with E-state index in [1.54, 1.807) is 0 Å². The van der Waals surface area contributed by atoms with Gasteiger partial charge in [0.25, 0.3) is 0 Å². The Morgan fingerprint density at radius 1 is 1.00 bits per heavy atom. The summed E-state index contributed by atoms with van der Waals surface area (Å²) < 4.78 is 19.1. The van der Waals surface area contributed by atoms with Crippen molar-refractivity contribution in [3.8, 4) is 28.6 Å². The zero-order valence-electron chi connectivity index (χ0n) is 19.9. The van der Waals surface area contributed by atoms with E-state index in [-0.39, 0.29) is 5.91 Å². The highest BCUT2D eigenvalue weighted by molar-refractivity contribution is 7.71. The fraction of sp³-hybridized carbons (Fsp3) is 0.400. The Morgan fingerprint density at radius 3 is 2.41 bits per heavy atom. The quantitative estimate of drug-likeness (QED) is 0.346. The maximum atomic E-state index is 12.5. The summed E-state index contributed by atoms with van der Waals surface area (Å²) in [6.07, 6.45) is 0.992. The molecule has 9 heteroatoms. The van der Waals surface area contributed by atoms with Crippen LogP contribution in [0.15, 0.2) is 42.5 Å². The van der Waals surface area contributed by atoms with E-state index in [4.69, 9.17) is 26.4 Å². The highest BCUT2D eigenvalue weighted by Crippen LogP contribution is 2.28. The van der Waals surface area contributed by atoms with Gasteiger partial charge >= 0.3 is 0 Å². The second-order valence-electron chi connectivity index (χ2n) is 7.46. The van der Waals surface area contributed by atoms with Crippen LogP contribution in [0.25, 0.3) is 11.4 Å². The number of nitrogens with one attached hydrogen (secondary N) is 2. The minimum atomic E-state index is -0.0447. The molecule has 1 heterocycles. The van der Waals surface area contributed by atoms with E-state index in [1.165, 1.54) is 0 Å². The van der Waals surface area contributed by atoms with Gasteiger partial charge in [-0.15, -0.1) is 0 Å². The molecule has 0 saturated heterocycles. The van der Waals surface area contributed by atoms with Crippen molar-refractivity contribution in [3.63, 3.8) is 0 Å². The molecule has 8 nitrogen and oxygen atoms in total. The third-order valence-electron chi connectivity index (χ3n) is 5.09. The molecule has 3 rings (SSSR count). The summed E-state index contributed by atoms with van der Waals surface area (Å²) in [5.41, 5.74) is 1.97. The molecule has 0 bridgehead atoms. The van der Waals surface area contributed by atoms with Crippen molar-refractivity contribution in [1.82, 2.24) is 20.1 Å². The number of carbonyl (C=O) groups is 1. The van der Waals surface area contributed by atoms with Crippen LogP contribution in [0, 0.1) is 4.77 Å². The summed E-state index contributed by atoms with van der Waals surface area (Å²) >= 11 is 5.37. The molecule has 0 radical (unpaired) electrons. The predicted octanol–water partition coefficient (Wildman–Crippen LogP) is 4.55. The SMILES string of the molecule is CCOc1ccc(-c2n[nH]c(=S)n2CCC(=O)NCCc2ccc(OCC)c(OCC)c2)cc1. The first-order valence-corrected chi connectivity index (χ1v) is 12.0. The number of amides is 1. The van der Waals surface area contributed by atoms with Gasteiger partial charge in [-0.05, 0) is 81.4 Å². The number of rotatable bonds is 13. The van der Waals surface area contributed by atoms with E-state index in [9.17, 15) is 4.79 Å². The van der Waals surface area contributed by atoms with E-state index in [2.05, 4.69) is 15.5 Å². The lowest BCUT2D eigenvalue weighted by molar-refractivity contribution is -0.121. The fourth-order valence-electron chi connectivity index (χ4n) is 3.51. The molecule has 182 valence electrons. The number of benzene rings is 2. The number of ether oxygens (including phenoxy) is 3. The summed E-state index contributed by atoms with van der Waals surface area (Å²) in [4.78, 5) is 12.5. The Bertz CT molecular complexity index is 1120. The smallest absolute Gasteiger partial charge is 0.221 e. The maximum absolute atomic E-state index is 12.5. The van der Waals surface area contributed by atoms with Crippen molar-refractivity contribution >= 4 is 18.1 Å². The van der Waals surface area contributed by atoms with Crippen molar-refractivity contribution in [2.24, 2.45) is 0 Å². The first-order chi connectivity index (χ1) is 16.5. The molecule has 0 atom stereocenters. The van der Waals surface area contributed by atoms with E-state index in [1.807, 2.05) is 67.8 Å². The Labute approximate surface area is 205 Å². The zero-order chi connectivity index (χ0) is 24.3. The average Bonchev–Trinajstić information content (AvgIpc) is 3.20. The topological polar surface area (TPSA) is 90.4 Å². The minimum Gasteiger partial charge on any atom is -0.494 e. The molecule has 2 N–H and O–H groups in total. The van der Waals surface area contributed by atoms with E-state index in [0.29, 0.717) is 56.3 Å². The van der Waals surface area contributed by atoms with Crippen LogP contribution in [-0.2, 0) is 17.8 Å². The van der Waals surface area contributed by atoms with Crippen LogP contribution < -0.4 is 19.5 Å². The summed E-state index contributed by atoms with van der Waals surface area (Å²) in [5.74, 6) is 2.91. The van der Waals surface area contributed by atoms with Crippen molar-refractivity contribution in [2.75, 3.05) is 26.4 Å². The monoisotopic (exact) mass is 484 g/mol. The van der Waals surface area contributed by atoms with Gasteiger partial charge in [-0.2, -0.15) is 5.10 Å². The predicted molar refractivity (Wildman–Crippen MR) is 134 cm³/mol. The van der Waals surface area contributed by atoms with Crippen LogP contribution >= 0.6 is 12.2 Å². The highest BCUT2D eigenvalue weighted by atomic mass is 32.1. The Kier molecular flexibility index (Phi) is 9.51. The number of H-pyrrole nitrogens is 1. The summed E-state index contributed by atoms with van der Waals surface area (Å²) in [7, 11) is 0. The number of hydrogen-bond acceptors (Lipinski definition) is 6. The standard InChI is InChI=1S/C25H32N4O4S/c1-4-31-20-10-8-19(9-11-20)24-27-28-25(34)29(24)16-14-23(30)26-15-13-18-7-12-21(32-5-2)22(17-18)33-6-3/h7-12,17H,4-6,13-16H2,1-3H3,(H,26,30)(H,28,34). The van der Waals surface area contributed by atoms with Gasteiger partial charge in [-0.1, -0.05) is 6.07 Å². The number of hydrogen-bond donors (Lipinski definition) is 2. The molecular weight excluding hydrogens is 452 g/mol. The van der Waals surface area contributed by atoms with Crippen LogP contribution in [-0.4, -0.2) is 47.0 Å². The van der Waals surface area contributed by atoms with E-state index in [0.717, 1.165) is 28.4 Å². The lowest BCUT2D eigenvalue weighted by Crippen LogP contribution is -2.26. The van der Waals surface area contributed by atoms with Crippen molar-refractivity contribution in [3.05, 3.63) is 52.8 Å². The minimum absolute atomic E-state index is 0.0447. The molecule has 1 amide bonds. The van der Waals surface area contributed by atoms with Gasteiger partial charge in [-0.3, -0.25) is 14.5 Å². The van der Waals surface area contributed by atoms with Gasteiger partial charge in [-0.25, -0.2) is 0 Å². The molecular formula is C25H32N4O4S. The summed E-state index contributed by atoms with van der Waals surface area (Å²) in [6.45, 7) is 8.54. The maximum Gasteiger partial charge on any atom is 0.221 e. The molecule has 0 saturated carbocycles. The molecule has 3 aromatic rings. The highest BCUT2D eigenvalue weighted by Gasteiger charge is 2.11.